The molecule has 1 aromatic heterocycles. The van der Waals surface area contributed by atoms with Crippen LogP contribution < -0.4 is 11.6 Å². The topological polar surface area (TPSA) is 94.2 Å². The molecule has 0 radical (unpaired) electrons. The van der Waals surface area contributed by atoms with E-state index in [2.05, 4.69) is 14.7 Å². The van der Waals surface area contributed by atoms with E-state index in [9.17, 15) is 13.2 Å². The Morgan fingerprint density at radius 1 is 1.07 bits per heavy atom. The lowest BCUT2D eigenvalue weighted by Gasteiger charge is -2.15. The highest BCUT2D eigenvalue weighted by molar-refractivity contribution is 5.62. The minimum atomic E-state index is -4.67. The lowest BCUT2D eigenvalue weighted by Crippen LogP contribution is -2.25. The van der Waals surface area contributed by atoms with Crippen LogP contribution in [0, 0.1) is 0 Å². The molecule has 0 amide bonds. The van der Waals surface area contributed by atoms with Crippen molar-refractivity contribution < 1.29 is 17.7 Å². The van der Waals surface area contributed by atoms with Crippen molar-refractivity contribution in [2.75, 3.05) is 0 Å². The van der Waals surface area contributed by atoms with Crippen LogP contribution in [0.1, 0.15) is 17.0 Å². The number of benzene rings is 2. The first-order valence-corrected chi connectivity index (χ1v) is 7.87. The van der Waals surface area contributed by atoms with Crippen LogP contribution >= 0.6 is 0 Å². The summed E-state index contributed by atoms with van der Waals surface area (Å²) in [5, 5.41) is 4.77. The van der Waals surface area contributed by atoms with E-state index in [4.69, 9.17) is 11.6 Å². The second kappa shape index (κ2) is 7.50. The molecule has 0 fully saturated rings. The highest BCUT2D eigenvalue weighted by Crippen LogP contribution is 2.29. The minimum absolute atomic E-state index is 0.133. The van der Waals surface area contributed by atoms with Gasteiger partial charge >= 0.3 is 12.1 Å². The van der Waals surface area contributed by atoms with Crippen LogP contribution in [-0.4, -0.2) is 15.1 Å². The molecule has 0 saturated heterocycles. The summed E-state index contributed by atoms with van der Waals surface area (Å²) in [6.45, 7) is 0.355. The summed E-state index contributed by atoms with van der Waals surface area (Å²) in [7, 11) is 0. The molecule has 1 heterocycles. The number of rotatable bonds is 5. The number of nitrogens with two attached hydrogens (primary N) is 2. The van der Waals surface area contributed by atoms with E-state index in [1.54, 1.807) is 30.5 Å². The van der Waals surface area contributed by atoms with E-state index in [0.717, 1.165) is 11.1 Å². The molecule has 27 heavy (non-hydrogen) atoms. The van der Waals surface area contributed by atoms with Crippen molar-refractivity contribution in [2.45, 2.75) is 12.7 Å². The lowest BCUT2D eigenvalue weighted by molar-refractivity contribution is -0.159. The van der Waals surface area contributed by atoms with Gasteiger partial charge in [-0.25, -0.2) is 5.84 Å². The maximum atomic E-state index is 12.5. The van der Waals surface area contributed by atoms with Crippen LogP contribution in [-0.2, 0) is 12.7 Å². The van der Waals surface area contributed by atoms with Crippen molar-refractivity contribution >= 4 is 5.70 Å². The normalized spacial score (nSPS) is 12.2. The van der Waals surface area contributed by atoms with Gasteiger partial charge in [-0.1, -0.05) is 59.8 Å². The fourth-order valence-electron chi connectivity index (χ4n) is 2.36. The highest BCUT2D eigenvalue weighted by atomic mass is 19.4. The molecule has 9 heteroatoms. The van der Waals surface area contributed by atoms with Crippen molar-refractivity contribution in [3.63, 3.8) is 0 Å². The molecule has 0 saturated carbocycles. The molecule has 4 N–H and O–H groups in total. The maximum absolute atomic E-state index is 12.5. The second-order valence-electron chi connectivity index (χ2n) is 5.74. The summed E-state index contributed by atoms with van der Waals surface area (Å²) in [6, 6.07) is 16.0. The third-order valence-corrected chi connectivity index (χ3v) is 3.66. The van der Waals surface area contributed by atoms with Gasteiger partial charge in [-0.05, 0) is 11.1 Å². The zero-order valence-corrected chi connectivity index (χ0v) is 14.0. The summed E-state index contributed by atoms with van der Waals surface area (Å²) < 4.78 is 41.8. The smallest absolute Gasteiger partial charge is 0.397 e. The molecule has 0 aliphatic heterocycles. The molecule has 6 nitrogen and oxygen atoms in total. The molecule has 0 aliphatic carbocycles. The highest BCUT2D eigenvalue weighted by Gasteiger charge is 2.38. The predicted molar refractivity (Wildman–Crippen MR) is 93.1 cm³/mol. The van der Waals surface area contributed by atoms with Gasteiger partial charge in [-0.15, -0.1) is 0 Å². The quantitative estimate of drug-likeness (QED) is 0.524. The lowest BCUT2D eigenvalue weighted by atomic mass is 10.1. The van der Waals surface area contributed by atoms with Gasteiger partial charge in [0.25, 0.3) is 0 Å². The Morgan fingerprint density at radius 2 is 1.74 bits per heavy atom. The molecule has 3 aromatic rings. The van der Waals surface area contributed by atoms with E-state index < -0.39 is 12.1 Å². The van der Waals surface area contributed by atoms with Crippen LogP contribution in [0.5, 0.6) is 0 Å². The monoisotopic (exact) mass is 375 g/mol. The zero-order valence-electron chi connectivity index (χ0n) is 14.0. The molecular weight excluding hydrogens is 359 g/mol. The van der Waals surface area contributed by atoms with Crippen molar-refractivity contribution in [1.82, 2.24) is 15.1 Å². The van der Waals surface area contributed by atoms with Crippen molar-refractivity contribution in [3.05, 3.63) is 77.8 Å². The summed E-state index contributed by atoms with van der Waals surface area (Å²) in [5.74, 6) is 4.45. The summed E-state index contributed by atoms with van der Waals surface area (Å²) in [6.07, 6.45) is -3.06. The molecule has 0 bridgehead atoms. The van der Waals surface area contributed by atoms with Crippen LogP contribution in [0.15, 0.2) is 65.3 Å². The first-order valence-electron chi connectivity index (χ1n) is 7.87. The van der Waals surface area contributed by atoms with Gasteiger partial charge in [0.1, 0.15) is 0 Å². The Hall–Kier alpha value is -3.33. The van der Waals surface area contributed by atoms with E-state index in [0.29, 0.717) is 17.8 Å². The van der Waals surface area contributed by atoms with Gasteiger partial charge in [0.05, 0.1) is 12.2 Å². The van der Waals surface area contributed by atoms with Crippen LogP contribution in [0.2, 0.25) is 0 Å². The van der Waals surface area contributed by atoms with Crippen LogP contribution in [0.25, 0.3) is 17.1 Å². The average molecular weight is 375 g/mol. The maximum Gasteiger partial charge on any atom is 0.471 e. The Kier molecular flexibility index (Phi) is 5.13. The number of hydrogen-bond acceptors (Lipinski definition) is 6. The summed E-state index contributed by atoms with van der Waals surface area (Å²) in [5.41, 5.74) is 8.61. The van der Waals surface area contributed by atoms with Gasteiger partial charge in [0, 0.05) is 11.8 Å². The van der Waals surface area contributed by atoms with Gasteiger partial charge in [-0.3, -0.25) is 0 Å². The molecule has 0 aliphatic rings. The Labute approximate surface area is 152 Å². The number of hydrazine groups is 1. The number of hydrogen-bond donors (Lipinski definition) is 2. The SMILES string of the molecule is N/C(=C\N(N)Cc1ccc(-c2noc(C(F)(F)F)n2)cc1)c1ccccc1. The fourth-order valence-corrected chi connectivity index (χ4v) is 2.36. The number of alkyl halides is 3. The van der Waals surface area contributed by atoms with E-state index in [1.165, 1.54) is 5.01 Å². The molecule has 140 valence electrons. The van der Waals surface area contributed by atoms with E-state index >= 15 is 0 Å². The second-order valence-corrected chi connectivity index (χ2v) is 5.74. The standard InChI is InChI=1S/C18H16F3N5O/c19-18(20,21)17-24-16(25-27-17)14-8-6-12(7-9-14)10-26(23)11-15(22)13-4-2-1-3-5-13/h1-9,11H,10,22-23H2/b15-11-. The largest absolute Gasteiger partial charge is 0.471 e. The van der Waals surface area contributed by atoms with Crippen molar-refractivity contribution in [2.24, 2.45) is 11.6 Å². The summed E-state index contributed by atoms with van der Waals surface area (Å²) >= 11 is 0. The third kappa shape index (κ3) is 4.64. The third-order valence-electron chi connectivity index (χ3n) is 3.66. The Bertz CT molecular complexity index is 920. The number of aromatic nitrogens is 2. The zero-order chi connectivity index (χ0) is 19.4. The number of nitrogens with zero attached hydrogens (tertiary/aromatic N) is 3. The fraction of sp³-hybridized carbons (Fsp3) is 0.111. The molecule has 0 atom stereocenters. The van der Waals surface area contributed by atoms with Crippen LogP contribution in [0.3, 0.4) is 0 Å². The van der Waals surface area contributed by atoms with Gasteiger partial charge in [0.2, 0.25) is 5.82 Å². The van der Waals surface area contributed by atoms with Crippen LogP contribution in [0.4, 0.5) is 13.2 Å². The van der Waals surface area contributed by atoms with Gasteiger partial charge < -0.3 is 15.3 Å². The first-order chi connectivity index (χ1) is 12.8. The molecule has 0 spiro atoms. The van der Waals surface area contributed by atoms with Gasteiger partial charge in [0.15, 0.2) is 0 Å². The predicted octanol–water partition coefficient (Wildman–Crippen LogP) is 3.39. The van der Waals surface area contributed by atoms with Gasteiger partial charge in [-0.2, -0.15) is 18.2 Å². The Balaban J connectivity index is 1.68. The molecule has 3 rings (SSSR count). The molecular formula is C18H16F3N5O. The van der Waals surface area contributed by atoms with E-state index in [1.807, 2.05) is 30.3 Å². The number of halogens is 3. The van der Waals surface area contributed by atoms with E-state index in [-0.39, 0.29) is 5.82 Å². The van der Waals surface area contributed by atoms with Crippen molar-refractivity contribution in [3.8, 4) is 11.4 Å². The minimum Gasteiger partial charge on any atom is -0.397 e. The Morgan fingerprint density at radius 3 is 2.33 bits per heavy atom. The average Bonchev–Trinajstić information content (AvgIpc) is 3.13. The molecule has 0 unspecified atom stereocenters. The van der Waals surface area contributed by atoms with Crippen molar-refractivity contribution in [1.29, 1.82) is 0 Å². The molecule has 2 aromatic carbocycles. The first kappa shape index (κ1) is 18.5. The summed E-state index contributed by atoms with van der Waals surface area (Å²) in [4.78, 5) is 3.35.